The van der Waals surface area contributed by atoms with Crippen LogP contribution in [0.4, 0.5) is 0 Å². The highest BCUT2D eigenvalue weighted by Crippen LogP contribution is 2.05. The van der Waals surface area contributed by atoms with Crippen LogP contribution in [0, 0.1) is 0 Å². The van der Waals surface area contributed by atoms with E-state index in [1.54, 1.807) is 0 Å². The van der Waals surface area contributed by atoms with Crippen LogP contribution >= 0.6 is 0 Å². The molecule has 0 aromatic carbocycles. The van der Waals surface area contributed by atoms with Gasteiger partial charge in [0.1, 0.15) is 36.3 Å². The molecule has 1 aliphatic rings. The SMILES string of the molecule is C[C@@H](O)[C@H](NC(=O)[C@H](CO)NC(=O)[C@H](CO)NC(=O)[C@H](CO)NC(=O)[C@H](CO)NC(=O)[C@H](CO)NC(=O)[C@H](CO)NC(=O)[C@@H]1CCCN1)C(=O)O. The van der Waals surface area contributed by atoms with Crippen molar-refractivity contribution in [2.24, 2.45) is 0 Å². The number of aliphatic hydroxyl groups excluding tert-OH is 7. The monoisotopic (exact) mass is 738 g/mol. The predicted molar refractivity (Wildman–Crippen MR) is 166 cm³/mol. The minimum absolute atomic E-state index is 0.489. The highest BCUT2D eigenvalue weighted by atomic mass is 16.4. The lowest BCUT2D eigenvalue weighted by atomic mass is 10.1. The number of amides is 7. The molecule has 24 nitrogen and oxygen atoms in total. The number of rotatable bonds is 22. The molecule has 24 heteroatoms. The molecule has 1 rings (SSSR count). The second-order valence-electron chi connectivity index (χ2n) is 11.2. The standard InChI is InChI=1S/C27H46N8O16/c1-11(42)19(27(50)51)35-26(49)18(10-41)34-25(48)17(9-40)33-24(47)16(8-39)32-23(46)15(7-38)31-22(45)14(6-37)30-21(44)13(5-36)29-20(43)12-3-2-4-28-12/h11-19,28,36-42H,2-10H2,1H3,(H,29,43)(H,30,44)(H,31,45)(H,32,46)(H,33,47)(H,34,48)(H,35,49)(H,50,51)/t11-,12+,13+,14+,15+,16+,17+,18+,19+/m1/s1. The second kappa shape index (κ2) is 22.3. The molecular weight excluding hydrogens is 692 g/mol. The van der Waals surface area contributed by atoms with Gasteiger partial charge < -0.3 is 83.4 Å². The van der Waals surface area contributed by atoms with E-state index in [4.69, 9.17) is 5.11 Å². The van der Waals surface area contributed by atoms with Crippen molar-refractivity contribution in [2.45, 2.75) is 74.2 Å². The molecule has 7 amide bonds. The number of hydrogen-bond acceptors (Lipinski definition) is 16. The number of carbonyl (C=O) groups excluding carboxylic acids is 7. The number of carboxylic acid groups (broad SMARTS) is 1. The molecule has 1 saturated heterocycles. The molecule has 16 N–H and O–H groups in total. The Morgan fingerprint density at radius 1 is 0.549 bits per heavy atom. The summed E-state index contributed by atoms with van der Waals surface area (Å²) in [6.07, 6.45) is -0.372. The van der Waals surface area contributed by atoms with Crippen molar-refractivity contribution in [2.75, 3.05) is 46.2 Å². The van der Waals surface area contributed by atoms with Gasteiger partial charge in [-0.15, -0.1) is 0 Å². The van der Waals surface area contributed by atoms with Crippen molar-refractivity contribution in [3.05, 3.63) is 0 Å². The molecule has 290 valence electrons. The van der Waals surface area contributed by atoms with E-state index in [0.29, 0.717) is 19.4 Å². The molecular formula is C27H46N8O16. The number of aliphatic carboxylic acids is 1. The van der Waals surface area contributed by atoms with E-state index in [1.165, 1.54) is 0 Å². The van der Waals surface area contributed by atoms with Crippen LogP contribution in [-0.2, 0) is 38.4 Å². The largest absolute Gasteiger partial charge is 0.480 e. The molecule has 0 saturated carbocycles. The zero-order valence-electron chi connectivity index (χ0n) is 27.4. The highest BCUT2D eigenvalue weighted by Gasteiger charge is 2.34. The van der Waals surface area contributed by atoms with Crippen LogP contribution in [0.15, 0.2) is 0 Å². The number of aliphatic hydroxyl groups is 7. The third-order valence-electron chi connectivity index (χ3n) is 7.32. The summed E-state index contributed by atoms with van der Waals surface area (Å²) in [6, 6.07) is -13.1. The van der Waals surface area contributed by atoms with Gasteiger partial charge in [0.05, 0.1) is 51.8 Å². The van der Waals surface area contributed by atoms with E-state index in [9.17, 15) is 74.1 Å². The van der Waals surface area contributed by atoms with Crippen molar-refractivity contribution >= 4 is 47.3 Å². The van der Waals surface area contributed by atoms with E-state index in [1.807, 2.05) is 26.6 Å². The highest BCUT2D eigenvalue weighted by molar-refractivity contribution is 5.97. The fourth-order valence-corrected chi connectivity index (χ4v) is 4.35. The lowest BCUT2D eigenvalue weighted by Gasteiger charge is -2.26. The van der Waals surface area contributed by atoms with Crippen molar-refractivity contribution < 1.29 is 79.2 Å². The van der Waals surface area contributed by atoms with Crippen molar-refractivity contribution in [1.29, 1.82) is 0 Å². The van der Waals surface area contributed by atoms with Gasteiger partial charge in [-0.25, -0.2) is 4.79 Å². The third-order valence-corrected chi connectivity index (χ3v) is 7.32. The molecule has 0 aromatic heterocycles. The van der Waals surface area contributed by atoms with Crippen LogP contribution in [-0.4, -0.2) is 189 Å². The van der Waals surface area contributed by atoms with Crippen molar-refractivity contribution in [1.82, 2.24) is 42.5 Å². The Morgan fingerprint density at radius 2 is 0.843 bits per heavy atom. The molecule has 51 heavy (non-hydrogen) atoms. The Morgan fingerprint density at radius 3 is 1.08 bits per heavy atom. The number of carboxylic acids is 1. The van der Waals surface area contributed by atoms with Crippen LogP contribution < -0.4 is 42.5 Å². The molecule has 0 unspecified atom stereocenters. The minimum atomic E-state index is -1.89. The average Bonchev–Trinajstić information content (AvgIpc) is 3.65. The molecule has 0 aliphatic carbocycles. The van der Waals surface area contributed by atoms with Crippen molar-refractivity contribution in [3.63, 3.8) is 0 Å². The number of hydrogen-bond donors (Lipinski definition) is 16. The Hall–Kier alpha value is -4.56. The lowest BCUT2D eigenvalue weighted by molar-refractivity contribution is -0.145. The number of carbonyl (C=O) groups is 8. The van der Waals surface area contributed by atoms with Gasteiger partial charge >= 0.3 is 5.97 Å². The van der Waals surface area contributed by atoms with E-state index in [2.05, 4.69) is 16.0 Å². The first-order valence-electron chi connectivity index (χ1n) is 15.5. The normalized spacial score (nSPS) is 18.6. The minimum Gasteiger partial charge on any atom is -0.480 e. The van der Waals surface area contributed by atoms with Gasteiger partial charge in [-0.2, -0.15) is 0 Å². The maximum Gasteiger partial charge on any atom is 0.328 e. The molecule has 1 aliphatic heterocycles. The summed E-state index contributed by atoms with van der Waals surface area (Å²) in [5.41, 5.74) is 0. The van der Waals surface area contributed by atoms with Crippen LogP contribution in [0.5, 0.6) is 0 Å². The maximum absolute atomic E-state index is 12.8. The first-order valence-corrected chi connectivity index (χ1v) is 15.5. The number of nitrogens with one attached hydrogen (secondary N) is 8. The summed E-state index contributed by atoms with van der Waals surface area (Å²) in [5.74, 6) is -9.65. The smallest absolute Gasteiger partial charge is 0.328 e. The van der Waals surface area contributed by atoms with Gasteiger partial charge in [-0.3, -0.25) is 33.6 Å². The predicted octanol–water partition coefficient (Wildman–Crippen LogP) is -10.4. The van der Waals surface area contributed by atoms with Gasteiger partial charge in [-0.05, 0) is 26.3 Å². The second-order valence-corrected chi connectivity index (χ2v) is 11.2. The van der Waals surface area contributed by atoms with Crippen LogP contribution in [0.2, 0.25) is 0 Å². The van der Waals surface area contributed by atoms with E-state index < -0.39 is 141 Å². The lowest BCUT2D eigenvalue weighted by Crippen LogP contribution is -2.62. The average molecular weight is 739 g/mol. The fourth-order valence-electron chi connectivity index (χ4n) is 4.35. The molecule has 1 heterocycles. The Bertz CT molecular complexity index is 1230. The van der Waals surface area contributed by atoms with Crippen LogP contribution in [0.1, 0.15) is 19.8 Å². The van der Waals surface area contributed by atoms with Gasteiger partial charge in [0, 0.05) is 0 Å². The van der Waals surface area contributed by atoms with Gasteiger partial charge in [-0.1, -0.05) is 0 Å². The molecule has 0 bridgehead atoms. The summed E-state index contributed by atoms with van der Waals surface area (Å²) in [5, 5.41) is 93.4. The fraction of sp³-hybridized carbons (Fsp3) is 0.704. The Labute approximate surface area is 289 Å². The maximum atomic E-state index is 12.8. The third kappa shape index (κ3) is 13.9. The van der Waals surface area contributed by atoms with Gasteiger partial charge in [0.15, 0.2) is 6.04 Å². The van der Waals surface area contributed by atoms with E-state index in [-0.39, 0.29) is 0 Å². The molecule has 9 atom stereocenters. The summed E-state index contributed by atoms with van der Waals surface area (Å²) >= 11 is 0. The van der Waals surface area contributed by atoms with E-state index in [0.717, 1.165) is 6.92 Å². The Kier molecular flexibility index (Phi) is 19.4. The van der Waals surface area contributed by atoms with E-state index >= 15 is 0 Å². The quantitative estimate of drug-likeness (QED) is 0.0490. The first-order chi connectivity index (χ1) is 24.1. The molecule has 0 radical (unpaired) electrons. The van der Waals surface area contributed by atoms with Crippen molar-refractivity contribution in [3.8, 4) is 0 Å². The molecule has 0 spiro atoms. The summed E-state index contributed by atoms with van der Waals surface area (Å²) < 4.78 is 0. The summed E-state index contributed by atoms with van der Waals surface area (Å²) in [6.45, 7) is -4.76. The van der Waals surface area contributed by atoms with Crippen LogP contribution in [0.3, 0.4) is 0 Å². The summed E-state index contributed by atoms with van der Waals surface area (Å²) in [7, 11) is 0. The Balaban J connectivity index is 2.84. The van der Waals surface area contributed by atoms with Gasteiger partial charge in [0.25, 0.3) is 0 Å². The summed E-state index contributed by atoms with van der Waals surface area (Å²) in [4.78, 5) is 99.3. The topological polar surface area (TPSA) is 395 Å². The zero-order valence-corrected chi connectivity index (χ0v) is 27.4. The molecule has 1 fully saturated rings. The van der Waals surface area contributed by atoms with Gasteiger partial charge in [0.2, 0.25) is 41.4 Å². The zero-order chi connectivity index (χ0) is 38.8. The first kappa shape index (κ1) is 44.5. The van der Waals surface area contributed by atoms with Crippen LogP contribution in [0.25, 0.3) is 0 Å². The molecule has 0 aromatic rings.